The Labute approximate surface area is 107 Å². The van der Waals surface area contributed by atoms with Crippen molar-refractivity contribution in [2.45, 2.75) is 27.1 Å². The van der Waals surface area contributed by atoms with Gasteiger partial charge < -0.3 is 19.3 Å². The number of aliphatic hydroxyl groups is 1. The lowest BCUT2D eigenvalue weighted by Crippen LogP contribution is -2.19. The molecule has 0 bridgehead atoms. The lowest BCUT2D eigenvalue weighted by Gasteiger charge is -2.23. The molecule has 0 aliphatic carbocycles. The molecule has 0 aromatic rings. The number of hydrogen-bond donors (Lipinski definition) is 1. The van der Waals surface area contributed by atoms with E-state index in [1.807, 2.05) is 26.8 Å². The van der Waals surface area contributed by atoms with E-state index in [-0.39, 0.29) is 6.61 Å². The molecule has 0 saturated carbocycles. The molecule has 0 aromatic carbocycles. The third-order valence-corrected chi connectivity index (χ3v) is 3.04. The Morgan fingerprint density at radius 2 is 2.17 bits per heavy atom. The van der Waals surface area contributed by atoms with Crippen molar-refractivity contribution in [3.8, 4) is 0 Å². The maximum atomic E-state index is 9.02. The zero-order valence-electron chi connectivity index (χ0n) is 11.1. The summed E-state index contributed by atoms with van der Waals surface area (Å²) in [5.41, 5.74) is 2.86. The quantitative estimate of drug-likeness (QED) is 0.835. The molecule has 1 N–H and O–H groups in total. The van der Waals surface area contributed by atoms with E-state index in [1.165, 1.54) is 0 Å². The number of allylic oxidation sites excluding steroid dienone is 5. The molecule has 0 amide bonds. The molecule has 0 radical (unpaired) electrons. The summed E-state index contributed by atoms with van der Waals surface area (Å²) in [6.07, 6.45) is 3.26. The van der Waals surface area contributed by atoms with Crippen LogP contribution < -0.4 is 0 Å². The van der Waals surface area contributed by atoms with Crippen LogP contribution in [0.3, 0.4) is 0 Å². The largest absolute Gasteiger partial charge is 0.493 e. The van der Waals surface area contributed by atoms with Crippen LogP contribution in [0.5, 0.6) is 0 Å². The highest BCUT2D eigenvalue weighted by Crippen LogP contribution is 2.40. The first-order chi connectivity index (χ1) is 8.58. The molecule has 2 heterocycles. The number of fused-ring (bicyclic) bond motifs is 1. The van der Waals surface area contributed by atoms with Crippen molar-refractivity contribution in [2.24, 2.45) is 0 Å². The van der Waals surface area contributed by atoms with Gasteiger partial charge in [-0.1, -0.05) is 6.08 Å². The van der Waals surface area contributed by atoms with E-state index in [9.17, 15) is 0 Å². The Bertz CT molecular complexity index is 480. The van der Waals surface area contributed by atoms with Gasteiger partial charge in [-0.25, -0.2) is 0 Å². The predicted octanol–water partition coefficient (Wildman–Crippen LogP) is 2.39. The molecule has 4 heteroatoms. The first-order valence-corrected chi connectivity index (χ1v) is 5.87. The van der Waals surface area contributed by atoms with Crippen LogP contribution in [0, 0.1) is 0 Å². The van der Waals surface area contributed by atoms with Crippen LogP contribution in [-0.2, 0) is 14.2 Å². The first kappa shape index (κ1) is 12.8. The molecule has 2 aliphatic rings. The van der Waals surface area contributed by atoms with E-state index in [1.54, 1.807) is 13.2 Å². The minimum Gasteiger partial charge on any atom is -0.493 e. The third kappa shape index (κ3) is 2.04. The standard InChI is InChI=1S/C14H18O4/c1-8(5-6-15)11-7-9(2)17-14-12(11)13(16-4)10(3)18-14/h5,7,14-15H,6H2,1-4H3/b8-5+/t14-/m0/s1. The minimum atomic E-state index is -0.443. The van der Waals surface area contributed by atoms with Gasteiger partial charge in [-0.3, -0.25) is 0 Å². The number of ether oxygens (including phenoxy) is 3. The van der Waals surface area contributed by atoms with Crippen molar-refractivity contribution in [1.82, 2.24) is 0 Å². The van der Waals surface area contributed by atoms with Gasteiger partial charge in [-0.15, -0.1) is 0 Å². The summed E-state index contributed by atoms with van der Waals surface area (Å²) < 4.78 is 16.7. The first-order valence-electron chi connectivity index (χ1n) is 5.87. The van der Waals surface area contributed by atoms with Crippen molar-refractivity contribution >= 4 is 0 Å². The number of methoxy groups -OCH3 is 1. The number of rotatable bonds is 3. The highest BCUT2D eigenvalue weighted by atomic mass is 16.7. The molecular weight excluding hydrogens is 232 g/mol. The zero-order valence-corrected chi connectivity index (χ0v) is 11.1. The van der Waals surface area contributed by atoms with Crippen molar-refractivity contribution < 1.29 is 19.3 Å². The van der Waals surface area contributed by atoms with Crippen molar-refractivity contribution in [2.75, 3.05) is 13.7 Å². The van der Waals surface area contributed by atoms with Gasteiger partial charge in [0.15, 0.2) is 5.76 Å². The summed E-state index contributed by atoms with van der Waals surface area (Å²) in [6.45, 7) is 5.69. The van der Waals surface area contributed by atoms with Crippen LogP contribution in [0.4, 0.5) is 0 Å². The minimum absolute atomic E-state index is 0.00684. The molecule has 18 heavy (non-hydrogen) atoms. The Morgan fingerprint density at radius 3 is 2.78 bits per heavy atom. The van der Waals surface area contributed by atoms with Crippen LogP contribution in [0.1, 0.15) is 20.8 Å². The van der Waals surface area contributed by atoms with Crippen LogP contribution in [0.15, 0.2) is 46.1 Å². The number of hydrogen-bond acceptors (Lipinski definition) is 4. The van der Waals surface area contributed by atoms with Crippen LogP contribution in [0.25, 0.3) is 0 Å². The topological polar surface area (TPSA) is 47.9 Å². The van der Waals surface area contributed by atoms with Gasteiger partial charge in [0.2, 0.25) is 0 Å². The van der Waals surface area contributed by atoms with Crippen LogP contribution in [-0.4, -0.2) is 25.1 Å². The molecule has 0 saturated heterocycles. The van der Waals surface area contributed by atoms with E-state index < -0.39 is 6.29 Å². The average Bonchev–Trinajstić information content (AvgIpc) is 2.63. The van der Waals surface area contributed by atoms with E-state index in [0.29, 0.717) is 5.76 Å². The zero-order chi connectivity index (χ0) is 13.3. The van der Waals surface area contributed by atoms with Crippen molar-refractivity contribution in [3.63, 3.8) is 0 Å². The molecule has 0 aromatic heterocycles. The molecule has 0 spiro atoms. The van der Waals surface area contributed by atoms with Gasteiger partial charge in [0.1, 0.15) is 5.76 Å². The Kier molecular flexibility index (Phi) is 3.48. The van der Waals surface area contributed by atoms with E-state index in [2.05, 4.69) is 0 Å². The Morgan fingerprint density at radius 1 is 1.44 bits per heavy atom. The van der Waals surface area contributed by atoms with Crippen LogP contribution in [0.2, 0.25) is 0 Å². The highest BCUT2D eigenvalue weighted by molar-refractivity contribution is 5.53. The summed E-state index contributed by atoms with van der Waals surface area (Å²) >= 11 is 0. The van der Waals surface area contributed by atoms with Gasteiger partial charge in [0, 0.05) is 0 Å². The second-order valence-corrected chi connectivity index (χ2v) is 4.31. The van der Waals surface area contributed by atoms with Gasteiger partial charge in [0.25, 0.3) is 6.29 Å². The summed E-state index contributed by atoms with van der Waals surface area (Å²) in [5, 5.41) is 9.02. The van der Waals surface area contributed by atoms with Crippen molar-refractivity contribution in [1.29, 1.82) is 0 Å². The molecule has 2 aliphatic heterocycles. The molecule has 0 fully saturated rings. The van der Waals surface area contributed by atoms with Gasteiger partial charge in [-0.2, -0.15) is 0 Å². The molecule has 0 unspecified atom stereocenters. The fourth-order valence-electron chi connectivity index (χ4n) is 2.21. The maximum absolute atomic E-state index is 9.02. The highest BCUT2D eigenvalue weighted by Gasteiger charge is 2.36. The SMILES string of the molecule is COC1=C(C)O[C@@H]2OC(C)=CC(/C(C)=C/CO)=C12. The molecule has 98 valence electrons. The lowest BCUT2D eigenvalue weighted by atomic mass is 9.97. The summed E-state index contributed by atoms with van der Waals surface area (Å²) in [5.74, 6) is 2.22. The fourth-order valence-corrected chi connectivity index (χ4v) is 2.21. The van der Waals surface area contributed by atoms with Gasteiger partial charge in [-0.05, 0) is 38.0 Å². The maximum Gasteiger partial charge on any atom is 0.271 e. The average molecular weight is 250 g/mol. The smallest absolute Gasteiger partial charge is 0.271 e. The van der Waals surface area contributed by atoms with E-state index in [4.69, 9.17) is 19.3 Å². The monoisotopic (exact) mass is 250 g/mol. The molecule has 1 atom stereocenters. The lowest BCUT2D eigenvalue weighted by molar-refractivity contribution is -0.0467. The fraction of sp³-hybridized carbons (Fsp3) is 0.429. The second kappa shape index (κ2) is 4.90. The molecular formula is C14H18O4. The summed E-state index contributed by atoms with van der Waals surface area (Å²) in [4.78, 5) is 0. The molecule has 4 nitrogen and oxygen atoms in total. The summed E-state index contributed by atoms with van der Waals surface area (Å²) in [6, 6.07) is 0. The Balaban J connectivity index is 2.56. The van der Waals surface area contributed by atoms with E-state index >= 15 is 0 Å². The molecule has 2 rings (SSSR count). The van der Waals surface area contributed by atoms with E-state index in [0.717, 1.165) is 28.2 Å². The van der Waals surface area contributed by atoms with Gasteiger partial charge >= 0.3 is 0 Å². The second-order valence-electron chi connectivity index (χ2n) is 4.31. The number of aliphatic hydroxyl groups excluding tert-OH is 1. The Hall–Kier alpha value is -1.68. The normalized spacial score (nSPS) is 23.5. The third-order valence-electron chi connectivity index (χ3n) is 3.04. The van der Waals surface area contributed by atoms with Gasteiger partial charge in [0.05, 0.1) is 25.0 Å². The van der Waals surface area contributed by atoms with Crippen LogP contribution >= 0.6 is 0 Å². The summed E-state index contributed by atoms with van der Waals surface area (Å²) in [7, 11) is 1.62. The predicted molar refractivity (Wildman–Crippen MR) is 67.3 cm³/mol. The van der Waals surface area contributed by atoms with Crippen molar-refractivity contribution in [3.05, 3.63) is 46.1 Å².